The molecular weight excluding hydrogens is 184 g/mol. The fraction of sp³-hybridized carbons (Fsp3) is 0.600. The molecule has 2 aliphatic rings. The van der Waals surface area contributed by atoms with Gasteiger partial charge in [0.2, 0.25) is 0 Å². The van der Waals surface area contributed by atoms with Gasteiger partial charge in [-0.15, -0.1) is 0 Å². The van der Waals surface area contributed by atoms with E-state index in [0.717, 1.165) is 17.7 Å². The summed E-state index contributed by atoms with van der Waals surface area (Å²) in [5.74, 6) is 3.39. The topological polar surface area (TPSA) is 41.8 Å². The average Bonchev–Trinajstić information content (AvgIpc) is 2.94. The molecule has 1 aromatic rings. The van der Waals surface area contributed by atoms with Crippen LogP contribution in [0.2, 0.25) is 5.15 Å². The van der Waals surface area contributed by atoms with E-state index in [9.17, 15) is 0 Å². The Bertz CT molecular complexity index is 341. The predicted octanol–water partition coefficient (Wildman–Crippen LogP) is 2.76. The normalized spacial score (nSPS) is 32.1. The maximum Gasteiger partial charge on any atom is 0.108 e. The number of nitrogens with two attached hydrogens (primary N) is 1. The summed E-state index contributed by atoms with van der Waals surface area (Å²) in [6, 6.07) is 1.99. The second-order valence-electron chi connectivity index (χ2n) is 4.33. The van der Waals surface area contributed by atoms with E-state index in [1.807, 2.05) is 6.07 Å². The van der Waals surface area contributed by atoms with E-state index >= 15 is 0 Å². The van der Waals surface area contributed by atoms with Crippen molar-refractivity contribution in [1.82, 2.24) is 4.98 Å². The molecule has 3 N–H and O–H groups in total. The van der Waals surface area contributed by atoms with Crippen LogP contribution in [0, 0.1) is 11.8 Å². The lowest BCUT2D eigenvalue weighted by atomic mass is 10.1. The Morgan fingerprint density at radius 3 is 2.77 bits per heavy atom. The van der Waals surface area contributed by atoms with Crippen LogP contribution in [0.4, 0.5) is 5.82 Å². The molecule has 1 aromatic heterocycles. The van der Waals surface area contributed by atoms with Gasteiger partial charge in [0.1, 0.15) is 11.0 Å². The van der Waals surface area contributed by atoms with Gasteiger partial charge in [-0.2, -0.15) is 0 Å². The summed E-state index contributed by atoms with van der Waals surface area (Å²) in [5, 5.41) is 0.675. The van der Waals surface area contributed by atoms with E-state index in [0.29, 0.717) is 11.1 Å². The highest BCUT2D eigenvalue weighted by molar-refractivity contribution is 6.29. The summed E-state index contributed by atoms with van der Waals surface area (Å²) in [4.78, 5) is 2.95. The van der Waals surface area contributed by atoms with E-state index in [2.05, 4.69) is 4.98 Å². The Balaban J connectivity index is 1.81. The van der Waals surface area contributed by atoms with E-state index < -0.39 is 0 Å². The molecule has 0 aliphatic heterocycles. The third-order valence-electron chi connectivity index (χ3n) is 3.31. The highest BCUT2D eigenvalue weighted by Gasteiger charge is 2.48. The third kappa shape index (κ3) is 1.24. The first-order chi connectivity index (χ1) is 6.25. The Kier molecular flexibility index (Phi) is 1.46. The molecule has 0 saturated heterocycles. The SMILES string of the molecule is Nc1[nH]c(Cl)cc1C1CC1C1CC1. The molecule has 13 heavy (non-hydrogen) atoms. The molecule has 0 amide bonds. The number of hydrogen-bond donors (Lipinski definition) is 2. The lowest BCUT2D eigenvalue weighted by Gasteiger charge is -1.96. The van der Waals surface area contributed by atoms with E-state index in [1.165, 1.54) is 24.8 Å². The Labute approximate surface area is 82.5 Å². The van der Waals surface area contributed by atoms with Crippen LogP contribution in [0.25, 0.3) is 0 Å². The number of nitrogen functional groups attached to an aromatic ring is 1. The number of hydrogen-bond acceptors (Lipinski definition) is 1. The Morgan fingerprint density at radius 1 is 1.46 bits per heavy atom. The number of halogens is 1. The summed E-state index contributed by atoms with van der Waals surface area (Å²) in [6.07, 6.45) is 4.18. The molecule has 0 spiro atoms. The van der Waals surface area contributed by atoms with Gasteiger partial charge in [0, 0.05) is 0 Å². The number of rotatable bonds is 2. The smallest absolute Gasteiger partial charge is 0.108 e. The van der Waals surface area contributed by atoms with Gasteiger partial charge >= 0.3 is 0 Å². The third-order valence-corrected chi connectivity index (χ3v) is 3.52. The average molecular weight is 197 g/mol. The summed E-state index contributed by atoms with van der Waals surface area (Å²) < 4.78 is 0. The zero-order valence-electron chi connectivity index (χ0n) is 7.39. The maximum atomic E-state index is 5.84. The molecule has 2 nitrogen and oxygen atoms in total. The Morgan fingerprint density at radius 2 is 2.23 bits per heavy atom. The zero-order valence-corrected chi connectivity index (χ0v) is 8.14. The zero-order chi connectivity index (χ0) is 9.00. The monoisotopic (exact) mass is 196 g/mol. The molecule has 70 valence electrons. The lowest BCUT2D eigenvalue weighted by Crippen LogP contribution is -1.91. The summed E-state index contributed by atoms with van der Waals surface area (Å²) in [7, 11) is 0. The van der Waals surface area contributed by atoms with Crippen LogP contribution in [-0.2, 0) is 0 Å². The van der Waals surface area contributed by atoms with Crippen molar-refractivity contribution >= 4 is 17.4 Å². The molecule has 0 radical (unpaired) electrons. The molecule has 0 bridgehead atoms. The van der Waals surface area contributed by atoms with E-state index in [-0.39, 0.29) is 0 Å². The number of aromatic amines is 1. The molecule has 2 unspecified atom stereocenters. The van der Waals surface area contributed by atoms with Crippen molar-refractivity contribution in [2.45, 2.75) is 25.2 Å². The Hall–Kier alpha value is -0.630. The van der Waals surface area contributed by atoms with Gasteiger partial charge in [0.25, 0.3) is 0 Å². The summed E-state index contributed by atoms with van der Waals surface area (Å²) in [5.41, 5.74) is 7.08. The van der Waals surface area contributed by atoms with Crippen LogP contribution in [0.3, 0.4) is 0 Å². The van der Waals surface area contributed by atoms with Crippen molar-refractivity contribution in [2.24, 2.45) is 11.8 Å². The molecule has 2 aliphatic carbocycles. The van der Waals surface area contributed by atoms with Crippen LogP contribution < -0.4 is 5.73 Å². The van der Waals surface area contributed by atoms with Crippen LogP contribution in [0.1, 0.15) is 30.7 Å². The fourth-order valence-corrected chi connectivity index (χ4v) is 2.59. The minimum atomic E-state index is 0.675. The molecule has 3 rings (SSSR count). The van der Waals surface area contributed by atoms with Crippen LogP contribution in [0.5, 0.6) is 0 Å². The highest BCUT2D eigenvalue weighted by Crippen LogP contribution is 2.60. The standard InChI is InChI=1S/C10H13ClN2/c11-9-4-8(10(12)13-9)7-3-6(7)5-1-2-5/h4-7,13H,1-3,12H2. The minimum Gasteiger partial charge on any atom is -0.385 e. The second-order valence-corrected chi connectivity index (χ2v) is 4.74. The fourth-order valence-electron chi connectivity index (χ4n) is 2.38. The predicted molar refractivity (Wildman–Crippen MR) is 53.8 cm³/mol. The lowest BCUT2D eigenvalue weighted by molar-refractivity contribution is 0.691. The van der Waals surface area contributed by atoms with Gasteiger partial charge in [-0.3, -0.25) is 0 Å². The quantitative estimate of drug-likeness (QED) is 0.751. The van der Waals surface area contributed by atoms with Crippen molar-refractivity contribution in [2.75, 3.05) is 5.73 Å². The van der Waals surface area contributed by atoms with Gasteiger partial charge in [-0.1, -0.05) is 11.6 Å². The van der Waals surface area contributed by atoms with Gasteiger partial charge in [-0.25, -0.2) is 0 Å². The van der Waals surface area contributed by atoms with Crippen molar-refractivity contribution in [3.05, 3.63) is 16.8 Å². The molecule has 0 aromatic carbocycles. The number of H-pyrrole nitrogens is 1. The summed E-state index contributed by atoms with van der Waals surface area (Å²) >= 11 is 5.84. The first kappa shape index (κ1) is 7.74. The van der Waals surface area contributed by atoms with Crippen LogP contribution in [0.15, 0.2) is 6.07 Å². The number of aromatic nitrogens is 1. The van der Waals surface area contributed by atoms with Crippen molar-refractivity contribution in [1.29, 1.82) is 0 Å². The number of anilines is 1. The molecule has 1 heterocycles. The first-order valence-electron chi connectivity index (χ1n) is 4.89. The van der Waals surface area contributed by atoms with Crippen LogP contribution in [-0.4, -0.2) is 4.98 Å². The molecule has 3 heteroatoms. The summed E-state index contributed by atoms with van der Waals surface area (Å²) in [6.45, 7) is 0. The first-order valence-corrected chi connectivity index (χ1v) is 5.27. The minimum absolute atomic E-state index is 0.675. The van der Waals surface area contributed by atoms with E-state index in [1.54, 1.807) is 0 Å². The van der Waals surface area contributed by atoms with Crippen molar-refractivity contribution in [3.63, 3.8) is 0 Å². The van der Waals surface area contributed by atoms with Gasteiger partial charge in [0.05, 0.1) is 0 Å². The highest BCUT2D eigenvalue weighted by atomic mass is 35.5. The second kappa shape index (κ2) is 2.44. The van der Waals surface area contributed by atoms with Gasteiger partial charge in [-0.05, 0) is 48.6 Å². The maximum absolute atomic E-state index is 5.84. The van der Waals surface area contributed by atoms with Gasteiger partial charge < -0.3 is 10.7 Å². The largest absolute Gasteiger partial charge is 0.385 e. The molecular formula is C10H13ClN2. The van der Waals surface area contributed by atoms with Crippen molar-refractivity contribution in [3.8, 4) is 0 Å². The van der Waals surface area contributed by atoms with Gasteiger partial charge in [0.15, 0.2) is 0 Å². The van der Waals surface area contributed by atoms with Crippen LogP contribution >= 0.6 is 11.6 Å². The van der Waals surface area contributed by atoms with E-state index in [4.69, 9.17) is 17.3 Å². The molecule has 2 saturated carbocycles. The molecule has 2 fully saturated rings. The number of nitrogens with one attached hydrogen (secondary N) is 1. The van der Waals surface area contributed by atoms with Crippen molar-refractivity contribution < 1.29 is 0 Å². The molecule has 2 atom stereocenters.